The summed E-state index contributed by atoms with van der Waals surface area (Å²) in [5.41, 5.74) is 0. The van der Waals surface area contributed by atoms with Gasteiger partial charge in [0.1, 0.15) is 19.3 Å². The number of ether oxygens (including phenoxy) is 4. The zero-order valence-corrected chi connectivity index (χ0v) is 67.6. The molecule has 0 bridgehead atoms. The summed E-state index contributed by atoms with van der Waals surface area (Å²) in [7, 11) is -9.94. The maximum atomic E-state index is 13.1. The van der Waals surface area contributed by atoms with Gasteiger partial charge in [-0.2, -0.15) is 0 Å². The largest absolute Gasteiger partial charge is 0.472 e. The topological polar surface area (TPSA) is 237 Å². The van der Waals surface area contributed by atoms with Crippen molar-refractivity contribution in [2.24, 2.45) is 17.8 Å². The number of allylic oxidation sites excluding steroid dienone is 4. The molecule has 0 aliphatic heterocycles. The molecule has 0 amide bonds. The SMILES string of the molecule is CCCCCC/C=C\C=C/CCCCCCCC(=O)O[C@H](COC(=O)CCCCCCCCCCCCCCCCC(C)CC)COP(=O)(O)OC[C@@H](O)COP(=O)(O)OC[C@@H](COC(=O)CCCCCCCCC(C)CC)OC(=O)CCCCCCCCCCCCCCCCC(C)CC. The molecule has 596 valence electrons. The molecule has 19 heteroatoms. The van der Waals surface area contributed by atoms with Crippen LogP contribution in [0.4, 0.5) is 0 Å². The minimum absolute atomic E-state index is 0.0851. The van der Waals surface area contributed by atoms with Crippen LogP contribution in [0.3, 0.4) is 0 Å². The van der Waals surface area contributed by atoms with Crippen LogP contribution in [0.5, 0.6) is 0 Å². The van der Waals surface area contributed by atoms with Crippen molar-refractivity contribution in [3.63, 3.8) is 0 Å². The van der Waals surface area contributed by atoms with Crippen LogP contribution in [0.2, 0.25) is 0 Å². The van der Waals surface area contributed by atoms with Crippen molar-refractivity contribution < 1.29 is 80.2 Å². The molecule has 0 aromatic rings. The average Bonchev–Trinajstić information content (AvgIpc) is 0.979. The molecule has 8 atom stereocenters. The van der Waals surface area contributed by atoms with Crippen LogP contribution in [0.25, 0.3) is 0 Å². The van der Waals surface area contributed by atoms with Gasteiger partial charge in [0.2, 0.25) is 0 Å². The van der Waals surface area contributed by atoms with E-state index >= 15 is 0 Å². The summed E-state index contributed by atoms with van der Waals surface area (Å²) in [6.07, 6.45) is 63.1. The number of carbonyl (C=O) groups excluding carboxylic acids is 4. The number of carbonyl (C=O) groups is 4. The summed E-state index contributed by atoms with van der Waals surface area (Å²) < 4.78 is 68.7. The molecular weight excluding hydrogens is 1320 g/mol. The van der Waals surface area contributed by atoms with E-state index in [4.69, 9.17) is 37.0 Å². The van der Waals surface area contributed by atoms with Gasteiger partial charge < -0.3 is 33.8 Å². The minimum atomic E-state index is -4.97. The lowest BCUT2D eigenvalue weighted by molar-refractivity contribution is -0.161. The maximum absolute atomic E-state index is 13.1. The quantitative estimate of drug-likeness (QED) is 0.0169. The first-order chi connectivity index (χ1) is 48.8. The molecule has 0 aromatic heterocycles. The van der Waals surface area contributed by atoms with E-state index in [2.05, 4.69) is 72.8 Å². The van der Waals surface area contributed by atoms with Crippen molar-refractivity contribution in [3.05, 3.63) is 24.3 Å². The monoisotopic (exact) mass is 1480 g/mol. The van der Waals surface area contributed by atoms with Crippen molar-refractivity contribution in [1.29, 1.82) is 0 Å². The Bertz CT molecular complexity index is 2060. The number of hydrogen-bond acceptors (Lipinski definition) is 15. The lowest BCUT2D eigenvalue weighted by atomic mass is 9.99. The molecule has 0 saturated heterocycles. The minimum Gasteiger partial charge on any atom is -0.462 e. The van der Waals surface area contributed by atoms with Gasteiger partial charge in [0.25, 0.3) is 0 Å². The summed E-state index contributed by atoms with van der Waals surface area (Å²) in [6, 6.07) is 0. The van der Waals surface area contributed by atoms with Gasteiger partial charge >= 0.3 is 39.5 Å². The normalized spacial score (nSPS) is 14.9. The summed E-state index contributed by atoms with van der Waals surface area (Å²) in [6.45, 7) is 11.9. The van der Waals surface area contributed by atoms with Crippen molar-refractivity contribution in [2.75, 3.05) is 39.6 Å². The first-order valence-corrected chi connectivity index (χ1v) is 44.8. The van der Waals surface area contributed by atoms with Crippen LogP contribution in [-0.2, 0) is 65.4 Å². The Morgan fingerprint density at radius 3 is 0.832 bits per heavy atom. The van der Waals surface area contributed by atoms with Crippen molar-refractivity contribution in [3.8, 4) is 0 Å². The van der Waals surface area contributed by atoms with Crippen LogP contribution in [0, 0.1) is 17.8 Å². The Balaban J connectivity index is 5.27. The Kier molecular flexibility index (Phi) is 70.0. The van der Waals surface area contributed by atoms with Gasteiger partial charge in [-0.1, -0.05) is 349 Å². The number of rotatable bonds is 78. The highest BCUT2D eigenvalue weighted by atomic mass is 31.2. The first kappa shape index (κ1) is 98.5. The van der Waals surface area contributed by atoms with E-state index in [1.807, 2.05) is 0 Å². The molecule has 0 heterocycles. The Labute approximate surface area is 618 Å². The Morgan fingerprint density at radius 2 is 0.554 bits per heavy atom. The molecular formula is C82H156O17P2. The summed E-state index contributed by atoms with van der Waals surface area (Å²) >= 11 is 0. The number of esters is 4. The number of phosphoric ester groups is 2. The number of hydrogen-bond donors (Lipinski definition) is 3. The summed E-state index contributed by atoms with van der Waals surface area (Å²) in [4.78, 5) is 73.0. The second-order valence-electron chi connectivity index (χ2n) is 29.6. The molecule has 0 aromatic carbocycles. The van der Waals surface area contributed by atoms with E-state index in [1.165, 1.54) is 193 Å². The molecule has 5 unspecified atom stereocenters. The van der Waals surface area contributed by atoms with E-state index < -0.39 is 97.5 Å². The van der Waals surface area contributed by atoms with Gasteiger partial charge in [-0.3, -0.25) is 37.3 Å². The fraction of sp³-hybridized carbons (Fsp3) is 0.902. The van der Waals surface area contributed by atoms with Crippen molar-refractivity contribution >= 4 is 39.5 Å². The van der Waals surface area contributed by atoms with Gasteiger partial charge in [0, 0.05) is 25.7 Å². The second kappa shape index (κ2) is 71.8. The van der Waals surface area contributed by atoms with Crippen LogP contribution in [-0.4, -0.2) is 96.7 Å². The van der Waals surface area contributed by atoms with E-state index in [0.29, 0.717) is 25.7 Å². The van der Waals surface area contributed by atoms with Gasteiger partial charge in [-0.25, -0.2) is 9.13 Å². The van der Waals surface area contributed by atoms with Crippen LogP contribution < -0.4 is 0 Å². The predicted molar refractivity (Wildman–Crippen MR) is 414 cm³/mol. The molecule has 3 N–H and O–H groups in total. The Morgan fingerprint density at radius 1 is 0.317 bits per heavy atom. The summed E-state index contributed by atoms with van der Waals surface area (Å²) in [5.74, 6) is 0.280. The van der Waals surface area contributed by atoms with Crippen LogP contribution in [0.15, 0.2) is 24.3 Å². The van der Waals surface area contributed by atoms with E-state index in [0.717, 1.165) is 127 Å². The van der Waals surface area contributed by atoms with E-state index in [1.54, 1.807) is 0 Å². The third kappa shape index (κ3) is 71.6. The molecule has 0 spiro atoms. The zero-order valence-electron chi connectivity index (χ0n) is 65.9. The molecule has 0 aliphatic carbocycles. The third-order valence-corrected chi connectivity index (χ3v) is 21.5. The highest BCUT2D eigenvalue weighted by molar-refractivity contribution is 7.47. The average molecular weight is 1480 g/mol. The molecule has 0 fully saturated rings. The predicted octanol–water partition coefficient (Wildman–Crippen LogP) is 24.1. The van der Waals surface area contributed by atoms with Gasteiger partial charge in [0.05, 0.1) is 26.4 Å². The third-order valence-electron chi connectivity index (χ3n) is 19.6. The second-order valence-corrected chi connectivity index (χ2v) is 32.5. The van der Waals surface area contributed by atoms with Crippen LogP contribution >= 0.6 is 15.6 Å². The molecule has 0 saturated carbocycles. The number of aliphatic hydroxyl groups excluding tert-OH is 1. The zero-order chi connectivity index (χ0) is 74.4. The smallest absolute Gasteiger partial charge is 0.462 e. The highest BCUT2D eigenvalue weighted by Gasteiger charge is 2.30. The molecule has 0 radical (unpaired) electrons. The number of phosphoric acid groups is 2. The van der Waals surface area contributed by atoms with Crippen molar-refractivity contribution in [2.45, 2.75) is 420 Å². The van der Waals surface area contributed by atoms with E-state index in [9.17, 15) is 43.2 Å². The molecule has 0 aliphatic rings. The first-order valence-electron chi connectivity index (χ1n) is 41.8. The maximum Gasteiger partial charge on any atom is 0.472 e. The fourth-order valence-corrected chi connectivity index (χ4v) is 13.6. The number of unbranched alkanes of at least 4 members (excludes halogenated alkanes) is 40. The fourth-order valence-electron chi connectivity index (χ4n) is 12.0. The van der Waals surface area contributed by atoms with Gasteiger partial charge in [0.15, 0.2) is 12.2 Å². The van der Waals surface area contributed by atoms with Crippen LogP contribution in [0.1, 0.15) is 402 Å². The number of aliphatic hydroxyl groups is 1. The lowest BCUT2D eigenvalue weighted by Crippen LogP contribution is -2.30. The van der Waals surface area contributed by atoms with Crippen molar-refractivity contribution in [1.82, 2.24) is 0 Å². The van der Waals surface area contributed by atoms with E-state index in [-0.39, 0.29) is 25.7 Å². The lowest BCUT2D eigenvalue weighted by Gasteiger charge is -2.21. The highest BCUT2D eigenvalue weighted by Crippen LogP contribution is 2.45. The molecule has 0 rings (SSSR count). The molecule has 17 nitrogen and oxygen atoms in total. The summed E-state index contributed by atoms with van der Waals surface area (Å²) in [5, 5.41) is 10.6. The molecule has 101 heavy (non-hydrogen) atoms. The standard InChI is InChI=1S/C82H156O17P2/c1-8-12-13-14-15-16-17-18-19-27-32-37-42-51-58-65-81(86)98-77(69-92-79(84)63-56-49-41-36-31-26-22-20-24-29-34-39-46-53-60-73(5)9-2)71-96-100(88,89)94-67-76(83)68-95-101(90,91)97-72-78(70-93-80(85)64-57-50-45-44-48-55-62-75(7)11-4)99-82(87)66-59-52-43-38-33-28-23-21-25-30-35-40-47-54-61-74(6)10-3/h16-19,73-78,83H,8-15,20-72H2,1-7H3,(H,88,89)(H,90,91)/b17-16-,19-18-/t73?,74?,75?,76-,77-,78-/m1/s1. The Hall–Kier alpha value is -2.46. The van der Waals surface area contributed by atoms with Gasteiger partial charge in [-0.15, -0.1) is 0 Å². The van der Waals surface area contributed by atoms with Gasteiger partial charge in [-0.05, 0) is 69.1 Å².